The molecule has 0 amide bonds. The van der Waals surface area contributed by atoms with E-state index in [9.17, 15) is 8.42 Å². The van der Waals surface area contributed by atoms with Gasteiger partial charge >= 0.3 is 0 Å². The lowest BCUT2D eigenvalue weighted by molar-refractivity contribution is 0.272. The van der Waals surface area contributed by atoms with Gasteiger partial charge in [-0.2, -0.15) is 5.10 Å². The summed E-state index contributed by atoms with van der Waals surface area (Å²) in [4.78, 5) is 4.16. The van der Waals surface area contributed by atoms with Gasteiger partial charge < -0.3 is 9.67 Å². The Bertz CT molecular complexity index is 689. The molecule has 110 valence electrons. The smallest absolute Gasteiger partial charge is 0.242 e. The lowest BCUT2D eigenvalue weighted by Crippen LogP contribution is -2.26. The molecule has 0 fully saturated rings. The van der Waals surface area contributed by atoms with Gasteiger partial charge in [-0.1, -0.05) is 0 Å². The van der Waals surface area contributed by atoms with Crippen molar-refractivity contribution in [3.05, 3.63) is 30.1 Å². The summed E-state index contributed by atoms with van der Waals surface area (Å²) in [5.41, 5.74) is 0.539. The van der Waals surface area contributed by atoms with Crippen LogP contribution in [0.1, 0.15) is 11.5 Å². The third-order valence-corrected chi connectivity index (χ3v) is 4.27. The van der Waals surface area contributed by atoms with Crippen LogP contribution in [0, 0.1) is 0 Å². The van der Waals surface area contributed by atoms with Crippen molar-refractivity contribution in [2.24, 2.45) is 14.1 Å². The molecule has 0 bridgehead atoms. The van der Waals surface area contributed by atoms with Crippen LogP contribution >= 0.6 is 0 Å². The minimum atomic E-state index is -3.58. The fourth-order valence-electron chi connectivity index (χ4n) is 1.76. The number of hydrogen-bond donors (Lipinski definition) is 2. The average Bonchev–Trinajstić information content (AvgIpc) is 2.95. The molecule has 0 aliphatic heterocycles. The second-order valence-electron chi connectivity index (χ2n) is 4.42. The highest BCUT2D eigenvalue weighted by atomic mass is 32.2. The van der Waals surface area contributed by atoms with E-state index in [4.69, 9.17) is 5.11 Å². The molecule has 2 rings (SSSR count). The van der Waals surface area contributed by atoms with Crippen molar-refractivity contribution in [3.8, 4) is 0 Å². The van der Waals surface area contributed by atoms with Crippen LogP contribution in [0.2, 0.25) is 0 Å². The molecule has 9 heteroatoms. The molecule has 2 aromatic heterocycles. The first-order valence-electron chi connectivity index (χ1n) is 6.02. The molecule has 0 atom stereocenters. The predicted molar refractivity (Wildman–Crippen MR) is 71.2 cm³/mol. The molecule has 8 nitrogen and oxygen atoms in total. The summed E-state index contributed by atoms with van der Waals surface area (Å²) < 4.78 is 29.7. The van der Waals surface area contributed by atoms with Crippen LogP contribution in [0.15, 0.2) is 23.5 Å². The molecule has 0 aromatic carbocycles. The Balaban J connectivity index is 2.00. The summed E-state index contributed by atoms with van der Waals surface area (Å²) in [5.74, 6) is 0.583. The zero-order valence-corrected chi connectivity index (χ0v) is 12.1. The number of aliphatic hydroxyl groups excluding tert-OH is 1. The summed E-state index contributed by atoms with van der Waals surface area (Å²) in [6, 6.07) is 1.45. The zero-order valence-electron chi connectivity index (χ0n) is 11.3. The summed E-state index contributed by atoms with van der Waals surface area (Å²) in [6.45, 7) is 0.0135. The maximum atomic E-state index is 12.1. The van der Waals surface area contributed by atoms with E-state index in [1.54, 1.807) is 29.7 Å². The number of rotatable bonds is 6. The Labute approximate surface area is 117 Å². The number of nitrogens with zero attached hydrogens (tertiary/aromatic N) is 4. The fraction of sp³-hybridized carbons (Fsp3) is 0.455. The SMILES string of the molecule is Cn1cnc(CCNS(=O)(=O)c2cc(CO)n(C)c2)n1. The van der Waals surface area contributed by atoms with Gasteiger partial charge in [-0.15, -0.1) is 0 Å². The molecule has 0 aliphatic carbocycles. The van der Waals surface area contributed by atoms with Crippen LogP contribution < -0.4 is 4.72 Å². The molecule has 2 heterocycles. The van der Waals surface area contributed by atoms with Crippen molar-refractivity contribution < 1.29 is 13.5 Å². The maximum Gasteiger partial charge on any atom is 0.242 e. The number of aliphatic hydroxyl groups is 1. The van der Waals surface area contributed by atoms with Gasteiger partial charge in [-0.25, -0.2) is 18.1 Å². The molecule has 20 heavy (non-hydrogen) atoms. The Morgan fingerprint density at radius 3 is 2.70 bits per heavy atom. The summed E-state index contributed by atoms with van der Waals surface area (Å²) in [7, 11) is -0.146. The second kappa shape index (κ2) is 5.73. The lowest BCUT2D eigenvalue weighted by Gasteiger charge is -2.02. The van der Waals surface area contributed by atoms with Crippen molar-refractivity contribution in [2.75, 3.05) is 6.54 Å². The number of sulfonamides is 1. The number of aromatic nitrogens is 4. The van der Waals surface area contributed by atoms with Gasteiger partial charge in [0.1, 0.15) is 6.33 Å². The first-order valence-corrected chi connectivity index (χ1v) is 7.51. The van der Waals surface area contributed by atoms with Gasteiger partial charge in [0.25, 0.3) is 0 Å². The molecular formula is C11H17N5O3S. The summed E-state index contributed by atoms with van der Waals surface area (Å²) in [5, 5.41) is 13.1. The molecular weight excluding hydrogens is 282 g/mol. The van der Waals surface area contributed by atoms with Crippen LogP contribution in [0.5, 0.6) is 0 Å². The van der Waals surface area contributed by atoms with Crippen LogP contribution in [0.4, 0.5) is 0 Å². The topological polar surface area (TPSA) is 102 Å². The minimum absolute atomic E-state index is 0.137. The molecule has 0 spiro atoms. The highest BCUT2D eigenvalue weighted by molar-refractivity contribution is 7.89. The van der Waals surface area contributed by atoms with Crippen LogP contribution in [0.3, 0.4) is 0 Å². The highest BCUT2D eigenvalue weighted by Crippen LogP contribution is 2.13. The van der Waals surface area contributed by atoms with Crippen molar-refractivity contribution in [2.45, 2.75) is 17.9 Å². The molecule has 0 saturated carbocycles. The predicted octanol–water partition coefficient (Wildman–Crippen LogP) is -0.833. The van der Waals surface area contributed by atoms with E-state index in [1.807, 2.05) is 0 Å². The van der Waals surface area contributed by atoms with E-state index >= 15 is 0 Å². The molecule has 0 saturated heterocycles. The molecule has 2 aromatic rings. The molecule has 0 unspecified atom stereocenters. The zero-order chi connectivity index (χ0) is 14.8. The van der Waals surface area contributed by atoms with E-state index in [2.05, 4.69) is 14.8 Å². The largest absolute Gasteiger partial charge is 0.390 e. The second-order valence-corrected chi connectivity index (χ2v) is 6.19. The summed E-state index contributed by atoms with van der Waals surface area (Å²) in [6.07, 6.45) is 3.45. The maximum absolute atomic E-state index is 12.1. The third kappa shape index (κ3) is 3.24. The Kier molecular flexibility index (Phi) is 4.21. The number of aryl methyl sites for hydroxylation is 2. The van der Waals surface area contributed by atoms with Gasteiger partial charge in [0.2, 0.25) is 10.0 Å². The molecule has 0 aliphatic rings. The van der Waals surface area contributed by atoms with Crippen LogP contribution in [-0.4, -0.2) is 39.4 Å². The third-order valence-electron chi connectivity index (χ3n) is 2.84. The van der Waals surface area contributed by atoms with Crippen molar-refractivity contribution in [1.82, 2.24) is 24.1 Å². The summed E-state index contributed by atoms with van der Waals surface area (Å²) >= 11 is 0. The van der Waals surface area contributed by atoms with Gasteiger partial charge in [-0.05, 0) is 6.07 Å². The molecule has 2 N–H and O–H groups in total. The Hall–Kier alpha value is -1.71. The van der Waals surface area contributed by atoms with E-state index in [0.29, 0.717) is 17.9 Å². The van der Waals surface area contributed by atoms with Crippen LogP contribution in [0.25, 0.3) is 0 Å². The van der Waals surface area contributed by atoms with Gasteiger partial charge in [0.15, 0.2) is 5.82 Å². The Morgan fingerprint density at radius 1 is 1.40 bits per heavy atom. The first kappa shape index (κ1) is 14.7. The number of nitrogens with one attached hydrogen (secondary N) is 1. The standard InChI is InChI=1S/C11H17N5O3S/c1-15-6-10(5-9(15)7-17)20(18,19)13-4-3-11-12-8-16(2)14-11/h5-6,8,13,17H,3-4,7H2,1-2H3. The van der Waals surface area contributed by atoms with Gasteiger partial charge in [0, 0.05) is 39.0 Å². The first-order chi connectivity index (χ1) is 9.42. The normalized spacial score (nSPS) is 11.9. The Morgan fingerprint density at radius 2 is 2.15 bits per heavy atom. The van der Waals surface area contributed by atoms with Gasteiger partial charge in [-0.3, -0.25) is 4.68 Å². The van der Waals surface area contributed by atoms with Crippen molar-refractivity contribution in [3.63, 3.8) is 0 Å². The van der Waals surface area contributed by atoms with E-state index in [1.165, 1.54) is 12.3 Å². The van der Waals surface area contributed by atoms with E-state index in [-0.39, 0.29) is 18.0 Å². The average molecular weight is 299 g/mol. The van der Waals surface area contributed by atoms with Gasteiger partial charge in [0.05, 0.1) is 11.5 Å². The lowest BCUT2D eigenvalue weighted by atomic mass is 10.4. The quantitative estimate of drug-likeness (QED) is 0.724. The van der Waals surface area contributed by atoms with E-state index in [0.717, 1.165) is 0 Å². The van der Waals surface area contributed by atoms with Crippen molar-refractivity contribution >= 4 is 10.0 Å². The van der Waals surface area contributed by atoms with Crippen LogP contribution in [-0.2, 0) is 37.1 Å². The monoisotopic (exact) mass is 299 g/mol. The minimum Gasteiger partial charge on any atom is -0.390 e. The highest BCUT2D eigenvalue weighted by Gasteiger charge is 2.17. The fourth-order valence-corrected chi connectivity index (χ4v) is 2.89. The van der Waals surface area contributed by atoms with E-state index < -0.39 is 10.0 Å². The number of hydrogen-bond acceptors (Lipinski definition) is 5. The van der Waals surface area contributed by atoms with Crippen molar-refractivity contribution in [1.29, 1.82) is 0 Å². The molecule has 0 radical (unpaired) electrons.